The van der Waals surface area contributed by atoms with Crippen LogP contribution < -0.4 is 9.47 Å². The summed E-state index contributed by atoms with van der Waals surface area (Å²) in [5.41, 5.74) is -0.973. The number of hydrogen-bond acceptors (Lipinski definition) is 4. The highest BCUT2D eigenvalue weighted by Crippen LogP contribution is 2.59. The maximum Gasteiger partial charge on any atom is 0.417 e. The van der Waals surface area contributed by atoms with Crippen LogP contribution in [0.4, 0.5) is 22.0 Å². The molecule has 5 rings (SSSR count). The summed E-state index contributed by atoms with van der Waals surface area (Å²) < 4.78 is 89.1. The van der Waals surface area contributed by atoms with Crippen molar-refractivity contribution < 1.29 is 36.2 Å². The number of rotatable bonds is 6. The van der Waals surface area contributed by atoms with Crippen LogP contribution in [0.15, 0.2) is 72.8 Å². The van der Waals surface area contributed by atoms with Gasteiger partial charge in [-0.1, -0.05) is 55.5 Å². The van der Waals surface area contributed by atoms with Crippen LogP contribution in [0, 0.1) is 17.6 Å². The van der Waals surface area contributed by atoms with Gasteiger partial charge in [0.25, 0.3) is 0 Å². The number of hydrogen-bond donors (Lipinski definition) is 0. The fourth-order valence-corrected chi connectivity index (χ4v) is 5.23. The molecule has 1 aliphatic heterocycles. The normalized spacial score (nSPS) is 23.2. The molecule has 0 spiro atoms. The van der Waals surface area contributed by atoms with Crippen molar-refractivity contribution in [1.29, 1.82) is 0 Å². The van der Waals surface area contributed by atoms with Crippen molar-refractivity contribution in [2.75, 3.05) is 7.11 Å². The van der Waals surface area contributed by atoms with Gasteiger partial charge in [0.15, 0.2) is 17.2 Å². The molecule has 39 heavy (non-hydrogen) atoms. The van der Waals surface area contributed by atoms with Crippen LogP contribution in [0.5, 0.6) is 11.5 Å². The lowest BCUT2D eigenvalue weighted by Crippen LogP contribution is -2.46. The second kappa shape index (κ2) is 10.1. The third-order valence-corrected chi connectivity index (χ3v) is 7.54. The van der Waals surface area contributed by atoms with E-state index < -0.39 is 47.1 Å². The van der Waals surface area contributed by atoms with E-state index in [1.54, 1.807) is 24.3 Å². The maximum absolute atomic E-state index is 14.7. The number of nitrogens with zero attached hydrogens (tertiary/aromatic N) is 1. The first kappa shape index (κ1) is 26.9. The van der Waals surface area contributed by atoms with Gasteiger partial charge >= 0.3 is 6.18 Å². The van der Waals surface area contributed by atoms with E-state index in [4.69, 9.17) is 14.2 Å². The molecule has 3 aromatic carbocycles. The number of methoxy groups -OCH3 is 1. The molecule has 4 nitrogen and oxygen atoms in total. The molecule has 0 aliphatic carbocycles. The van der Waals surface area contributed by atoms with E-state index >= 15 is 0 Å². The average Bonchev–Trinajstić information content (AvgIpc) is 3.20. The molecule has 9 heteroatoms. The molecule has 1 saturated heterocycles. The molecule has 4 aromatic rings. The average molecular weight is 544 g/mol. The Kier molecular flexibility index (Phi) is 6.97. The highest BCUT2D eigenvalue weighted by Gasteiger charge is 2.65. The van der Waals surface area contributed by atoms with Gasteiger partial charge in [0.05, 0.1) is 18.3 Å². The van der Waals surface area contributed by atoms with Gasteiger partial charge in [-0.2, -0.15) is 17.6 Å². The van der Waals surface area contributed by atoms with Crippen molar-refractivity contribution in [1.82, 2.24) is 4.98 Å². The van der Waals surface area contributed by atoms with Crippen LogP contribution in [-0.2, 0) is 11.3 Å². The minimum Gasteiger partial charge on any atom is -0.493 e. The molecule has 2 heterocycles. The van der Waals surface area contributed by atoms with Crippen LogP contribution in [0.1, 0.15) is 42.7 Å². The molecule has 0 unspecified atom stereocenters. The van der Waals surface area contributed by atoms with Gasteiger partial charge in [-0.15, -0.1) is 0 Å². The predicted molar refractivity (Wildman–Crippen MR) is 136 cm³/mol. The van der Waals surface area contributed by atoms with E-state index in [0.717, 1.165) is 25.7 Å². The number of alkyl halides is 3. The lowest BCUT2D eigenvalue weighted by Gasteiger charge is -2.32. The summed E-state index contributed by atoms with van der Waals surface area (Å²) in [5, 5.41) is 0.670. The zero-order valence-electron chi connectivity index (χ0n) is 21.4. The second-order valence-corrected chi connectivity index (χ2v) is 9.78. The van der Waals surface area contributed by atoms with Crippen molar-refractivity contribution in [2.24, 2.45) is 5.92 Å². The highest BCUT2D eigenvalue weighted by molar-refractivity contribution is 5.85. The summed E-state index contributed by atoms with van der Waals surface area (Å²) in [6.07, 6.45) is -6.02. The lowest BCUT2D eigenvalue weighted by atomic mass is 9.76. The number of halogens is 5. The monoisotopic (exact) mass is 543 g/mol. The molecule has 0 N–H and O–H groups in total. The molecule has 0 saturated carbocycles. The van der Waals surface area contributed by atoms with Gasteiger partial charge in [0.1, 0.15) is 18.5 Å². The van der Waals surface area contributed by atoms with Crippen molar-refractivity contribution in [2.45, 2.75) is 44.3 Å². The largest absolute Gasteiger partial charge is 0.493 e. The summed E-state index contributed by atoms with van der Waals surface area (Å²) in [6.45, 7) is 2.56. The third-order valence-electron chi connectivity index (χ3n) is 7.54. The third kappa shape index (κ3) is 4.69. The van der Waals surface area contributed by atoms with Crippen LogP contribution in [0.3, 0.4) is 0 Å². The standard InChI is InChI=1S/C30H26F5NO3/c1-17-25(20-13-14-21(31)26(32)27(20)37-3)28(39-29(17,2)30(33,34)35)23-15-24(19-11-7-8-12-22(19)36-23)38-16-18-9-5-4-6-10-18/h4-15,17,25,28H,16H2,1-3H3/t17-,25-,28-,29+/m0/s1. The summed E-state index contributed by atoms with van der Waals surface area (Å²) in [5.74, 6) is -4.78. The van der Waals surface area contributed by atoms with Gasteiger partial charge in [-0.3, -0.25) is 0 Å². The number of ether oxygens (including phenoxy) is 3. The fourth-order valence-electron chi connectivity index (χ4n) is 5.23. The Labute approximate surface area is 222 Å². The number of para-hydroxylation sites is 1. The van der Waals surface area contributed by atoms with Crippen LogP contribution in [-0.4, -0.2) is 23.9 Å². The van der Waals surface area contributed by atoms with E-state index in [0.29, 0.717) is 16.7 Å². The Morgan fingerprint density at radius 3 is 2.36 bits per heavy atom. The molecule has 1 aromatic heterocycles. The number of fused-ring (bicyclic) bond motifs is 1. The Balaban J connectivity index is 1.66. The van der Waals surface area contributed by atoms with Crippen molar-refractivity contribution >= 4 is 10.9 Å². The molecule has 4 atom stereocenters. The Morgan fingerprint density at radius 2 is 1.67 bits per heavy atom. The van der Waals surface area contributed by atoms with Gasteiger partial charge < -0.3 is 14.2 Å². The molecule has 1 fully saturated rings. The van der Waals surface area contributed by atoms with Crippen LogP contribution in [0.25, 0.3) is 10.9 Å². The second-order valence-electron chi connectivity index (χ2n) is 9.78. The molecular formula is C30H26F5NO3. The smallest absolute Gasteiger partial charge is 0.417 e. The van der Waals surface area contributed by atoms with E-state index in [1.807, 2.05) is 36.4 Å². The first-order valence-corrected chi connectivity index (χ1v) is 12.4. The topological polar surface area (TPSA) is 40.6 Å². The van der Waals surface area contributed by atoms with Gasteiger partial charge in [0.2, 0.25) is 5.82 Å². The highest BCUT2D eigenvalue weighted by atomic mass is 19.4. The summed E-state index contributed by atoms with van der Waals surface area (Å²) in [7, 11) is 1.14. The Hall–Kier alpha value is -3.72. The van der Waals surface area contributed by atoms with E-state index in [-0.39, 0.29) is 17.9 Å². The van der Waals surface area contributed by atoms with Crippen LogP contribution >= 0.6 is 0 Å². The number of benzene rings is 3. The molecule has 0 radical (unpaired) electrons. The lowest BCUT2D eigenvalue weighted by molar-refractivity contribution is -0.275. The fraction of sp³-hybridized carbons (Fsp3) is 0.300. The number of aromatic nitrogens is 1. The van der Waals surface area contributed by atoms with Crippen molar-refractivity contribution in [3.63, 3.8) is 0 Å². The van der Waals surface area contributed by atoms with E-state index in [2.05, 4.69) is 4.98 Å². The van der Waals surface area contributed by atoms with Crippen LogP contribution in [0.2, 0.25) is 0 Å². The molecular weight excluding hydrogens is 517 g/mol. The van der Waals surface area contributed by atoms with Crippen molar-refractivity contribution in [3.8, 4) is 11.5 Å². The SMILES string of the molecule is COc1c([C@H]2[C@H](c3cc(OCc4ccccc4)c4ccccc4n3)O[C@@](C)(C(F)(F)F)[C@H]2C)ccc(F)c1F. The molecule has 1 aliphatic rings. The first-order valence-electron chi connectivity index (χ1n) is 12.4. The summed E-state index contributed by atoms with van der Waals surface area (Å²) in [6, 6.07) is 20.2. The molecule has 204 valence electrons. The quantitative estimate of drug-likeness (QED) is 0.232. The molecule has 0 amide bonds. The number of pyridine rings is 1. The maximum atomic E-state index is 14.7. The summed E-state index contributed by atoms with van der Waals surface area (Å²) in [4.78, 5) is 4.65. The van der Waals surface area contributed by atoms with Crippen molar-refractivity contribution in [3.05, 3.63) is 101 Å². The van der Waals surface area contributed by atoms with Gasteiger partial charge in [-0.25, -0.2) is 9.37 Å². The first-order chi connectivity index (χ1) is 18.5. The Bertz CT molecular complexity index is 1490. The Morgan fingerprint density at radius 1 is 0.974 bits per heavy atom. The molecule has 0 bridgehead atoms. The summed E-state index contributed by atoms with van der Waals surface area (Å²) >= 11 is 0. The van der Waals surface area contributed by atoms with E-state index in [9.17, 15) is 22.0 Å². The van der Waals surface area contributed by atoms with Gasteiger partial charge in [0, 0.05) is 28.9 Å². The zero-order valence-corrected chi connectivity index (χ0v) is 21.4. The minimum absolute atomic E-state index is 0.0589. The zero-order chi connectivity index (χ0) is 27.9. The predicted octanol–water partition coefficient (Wildman–Crippen LogP) is 7.91. The van der Waals surface area contributed by atoms with Gasteiger partial charge in [-0.05, 0) is 30.7 Å². The van der Waals surface area contributed by atoms with E-state index in [1.165, 1.54) is 13.0 Å². The minimum atomic E-state index is -4.76.